The van der Waals surface area contributed by atoms with Gasteiger partial charge in [0.1, 0.15) is 5.54 Å². The van der Waals surface area contributed by atoms with Gasteiger partial charge in [-0.1, -0.05) is 42.5 Å². The maximum absolute atomic E-state index is 12.4. The molecule has 4 nitrogen and oxygen atoms in total. The van der Waals surface area contributed by atoms with Gasteiger partial charge in [-0.2, -0.15) is 0 Å². The van der Waals surface area contributed by atoms with Gasteiger partial charge >= 0.3 is 0 Å². The lowest BCUT2D eigenvalue weighted by atomic mass is 9.88. The molecule has 1 atom stereocenters. The number of carbonyl (C=O) groups excluding carboxylic acids is 1. The maximum Gasteiger partial charge on any atom is 0.256 e. The van der Waals surface area contributed by atoms with Crippen LogP contribution in [-0.2, 0) is 10.3 Å². The summed E-state index contributed by atoms with van der Waals surface area (Å²) in [6, 6.07) is 14.1. The number of amides is 1. The van der Waals surface area contributed by atoms with Crippen molar-refractivity contribution in [3.8, 4) is 0 Å². The molecule has 1 fully saturated rings. The fourth-order valence-corrected chi connectivity index (χ4v) is 2.65. The highest BCUT2D eigenvalue weighted by molar-refractivity contribution is 6.10. The number of hydrogen-bond acceptors (Lipinski definition) is 2. The third-order valence-corrected chi connectivity index (χ3v) is 3.70. The van der Waals surface area contributed by atoms with Gasteiger partial charge in [0.05, 0.1) is 0 Å². The van der Waals surface area contributed by atoms with Crippen molar-refractivity contribution < 1.29 is 4.79 Å². The molecule has 2 aromatic carbocycles. The van der Waals surface area contributed by atoms with Crippen molar-refractivity contribution in [2.45, 2.75) is 19.4 Å². The first-order chi connectivity index (χ1) is 9.65. The zero-order chi connectivity index (χ0) is 14.2. The fraction of sp³-hybridized carbons (Fsp3) is 0.250. The molecule has 0 aromatic heterocycles. The van der Waals surface area contributed by atoms with Crippen molar-refractivity contribution in [3.05, 3.63) is 48.0 Å². The van der Waals surface area contributed by atoms with Gasteiger partial charge in [0.2, 0.25) is 0 Å². The zero-order valence-electron chi connectivity index (χ0n) is 11.6. The number of nitrogens with one attached hydrogen (secondary N) is 2. The molecule has 0 saturated carbocycles. The number of hydrogen-bond donors (Lipinski definition) is 2. The van der Waals surface area contributed by atoms with E-state index in [1.54, 1.807) is 0 Å². The molecule has 1 aliphatic rings. The molecule has 0 spiro atoms. The second-order valence-corrected chi connectivity index (χ2v) is 5.05. The van der Waals surface area contributed by atoms with Crippen molar-refractivity contribution in [3.63, 3.8) is 0 Å². The molecule has 102 valence electrons. The van der Waals surface area contributed by atoms with Gasteiger partial charge in [-0.3, -0.25) is 15.1 Å². The smallest absolute Gasteiger partial charge is 0.256 e. The molecular formula is C16H17N3O. The predicted molar refractivity (Wildman–Crippen MR) is 80.6 cm³/mol. The Labute approximate surface area is 117 Å². The van der Waals surface area contributed by atoms with Gasteiger partial charge in [-0.25, -0.2) is 0 Å². The van der Waals surface area contributed by atoms with E-state index in [-0.39, 0.29) is 5.91 Å². The molecule has 4 heteroatoms. The van der Waals surface area contributed by atoms with Crippen LogP contribution in [0.5, 0.6) is 0 Å². The number of benzene rings is 2. The summed E-state index contributed by atoms with van der Waals surface area (Å²) in [6.45, 7) is 4.46. The number of guanidine groups is 1. The molecule has 2 N–H and O–H groups in total. The van der Waals surface area contributed by atoms with Crippen molar-refractivity contribution in [2.75, 3.05) is 6.54 Å². The van der Waals surface area contributed by atoms with Crippen molar-refractivity contribution in [1.29, 1.82) is 0 Å². The first-order valence-electron chi connectivity index (χ1n) is 6.77. The Morgan fingerprint density at radius 1 is 1.15 bits per heavy atom. The van der Waals surface area contributed by atoms with Crippen LogP contribution in [0.1, 0.15) is 19.4 Å². The van der Waals surface area contributed by atoms with Crippen molar-refractivity contribution in [1.82, 2.24) is 10.6 Å². The van der Waals surface area contributed by atoms with Crippen LogP contribution >= 0.6 is 0 Å². The monoisotopic (exact) mass is 267 g/mol. The van der Waals surface area contributed by atoms with E-state index in [4.69, 9.17) is 0 Å². The zero-order valence-corrected chi connectivity index (χ0v) is 11.6. The van der Waals surface area contributed by atoms with E-state index in [0.717, 1.165) is 16.3 Å². The fourth-order valence-electron chi connectivity index (χ4n) is 2.65. The minimum absolute atomic E-state index is 0.0685. The molecular weight excluding hydrogens is 250 g/mol. The van der Waals surface area contributed by atoms with Gasteiger partial charge in [0, 0.05) is 6.54 Å². The molecule has 0 bridgehead atoms. The molecule has 1 saturated heterocycles. The number of nitrogens with zero attached hydrogens (tertiary/aromatic N) is 1. The van der Waals surface area contributed by atoms with E-state index in [1.807, 2.05) is 44.2 Å². The quantitative estimate of drug-likeness (QED) is 0.876. The minimum atomic E-state index is -0.783. The Hall–Kier alpha value is -2.36. The van der Waals surface area contributed by atoms with Gasteiger partial charge in [0.25, 0.3) is 5.91 Å². The van der Waals surface area contributed by atoms with Crippen LogP contribution < -0.4 is 10.6 Å². The van der Waals surface area contributed by atoms with Crippen molar-refractivity contribution in [2.24, 2.45) is 4.99 Å². The van der Waals surface area contributed by atoms with Gasteiger partial charge in [-0.15, -0.1) is 0 Å². The number of rotatable bonds is 2. The Kier molecular flexibility index (Phi) is 2.93. The average molecular weight is 267 g/mol. The molecule has 1 amide bonds. The van der Waals surface area contributed by atoms with E-state index in [2.05, 4.69) is 27.8 Å². The van der Waals surface area contributed by atoms with E-state index < -0.39 is 5.54 Å². The van der Waals surface area contributed by atoms with E-state index in [0.29, 0.717) is 12.5 Å². The summed E-state index contributed by atoms with van der Waals surface area (Å²) in [7, 11) is 0. The molecule has 0 aliphatic carbocycles. The Balaban J connectivity index is 2.15. The topological polar surface area (TPSA) is 53.5 Å². The van der Waals surface area contributed by atoms with Crippen LogP contribution in [0.4, 0.5) is 0 Å². The third-order valence-electron chi connectivity index (χ3n) is 3.70. The van der Waals surface area contributed by atoms with Crippen LogP contribution in [-0.4, -0.2) is 18.4 Å². The van der Waals surface area contributed by atoms with Crippen LogP contribution in [0.2, 0.25) is 0 Å². The van der Waals surface area contributed by atoms with Crippen LogP contribution in [0.25, 0.3) is 10.8 Å². The molecule has 2 aromatic rings. The second kappa shape index (κ2) is 4.63. The Bertz CT molecular complexity index is 702. The highest BCUT2D eigenvalue weighted by atomic mass is 16.2. The predicted octanol–water partition coefficient (Wildman–Crippen LogP) is 2.15. The summed E-state index contributed by atoms with van der Waals surface area (Å²) in [5.74, 6) is 0.481. The van der Waals surface area contributed by atoms with Gasteiger partial charge in [-0.05, 0) is 30.2 Å². The summed E-state index contributed by atoms with van der Waals surface area (Å²) in [5, 5.41) is 8.23. The van der Waals surface area contributed by atoms with E-state index in [9.17, 15) is 4.79 Å². The van der Waals surface area contributed by atoms with E-state index >= 15 is 0 Å². The van der Waals surface area contributed by atoms with Gasteiger partial charge in [0.15, 0.2) is 5.96 Å². The summed E-state index contributed by atoms with van der Waals surface area (Å²) < 4.78 is 0. The number of carbonyl (C=O) groups is 1. The highest BCUT2D eigenvalue weighted by Crippen LogP contribution is 2.30. The van der Waals surface area contributed by atoms with Gasteiger partial charge < -0.3 is 5.32 Å². The molecule has 1 unspecified atom stereocenters. The first-order valence-corrected chi connectivity index (χ1v) is 6.77. The minimum Gasteiger partial charge on any atom is -0.338 e. The highest BCUT2D eigenvalue weighted by Gasteiger charge is 2.43. The van der Waals surface area contributed by atoms with Crippen LogP contribution in [0.15, 0.2) is 47.5 Å². The summed E-state index contributed by atoms with van der Waals surface area (Å²) in [4.78, 5) is 16.6. The van der Waals surface area contributed by atoms with Crippen LogP contribution in [0.3, 0.4) is 0 Å². The average Bonchev–Trinajstić information content (AvgIpc) is 2.74. The standard InChI is InChI=1S/C16H17N3O/c1-3-17-15-18-14(20)16(2,19-15)13-10-6-8-11-7-4-5-9-12(11)13/h4-10H,3H2,1-2H3,(H2,17,18,19,20). The Morgan fingerprint density at radius 3 is 2.70 bits per heavy atom. The normalized spacial score (nSPS) is 23.9. The van der Waals surface area contributed by atoms with Crippen LogP contribution in [0, 0.1) is 0 Å². The summed E-state index contributed by atoms with van der Waals surface area (Å²) >= 11 is 0. The molecule has 1 heterocycles. The lowest BCUT2D eigenvalue weighted by molar-refractivity contribution is -0.123. The summed E-state index contributed by atoms with van der Waals surface area (Å²) in [6.07, 6.45) is 0. The summed E-state index contributed by atoms with van der Waals surface area (Å²) in [5.41, 5.74) is 0.184. The molecule has 20 heavy (non-hydrogen) atoms. The third kappa shape index (κ3) is 1.84. The second-order valence-electron chi connectivity index (χ2n) is 5.05. The number of fused-ring (bicyclic) bond motifs is 1. The SMILES string of the molecule is CCN=C1NC(=O)C(C)(c2cccc3ccccc23)N1. The first kappa shape index (κ1) is 12.7. The largest absolute Gasteiger partial charge is 0.338 e. The molecule has 1 aliphatic heterocycles. The lowest BCUT2D eigenvalue weighted by Crippen LogP contribution is -2.40. The molecule has 3 rings (SSSR count). The number of aliphatic imine (C=N–C) groups is 1. The maximum atomic E-state index is 12.4. The van der Waals surface area contributed by atoms with Crippen molar-refractivity contribution >= 4 is 22.6 Å². The van der Waals surface area contributed by atoms with E-state index in [1.165, 1.54) is 0 Å². The Morgan fingerprint density at radius 2 is 1.90 bits per heavy atom. The lowest BCUT2D eigenvalue weighted by Gasteiger charge is -2.23. The molecule has 0 radical (unpaired) electrons.